The van der Waals surface area contributed by atoms with Crippen molar-refractivity contribution in [1.82, 2.24) is 10.6 Å². The first-order valence-electron chi connectivity index (χ1n) is 7.17. The Morgan fingerprint density at radius 2 is 2.00 bits per heavy atom. The molecule has 1 fully saturated rings. The lowest BCUT2D eigenvalue weighted by Gasteiger charge is -2.07. The first-order chi connectivity index (χ1) is 9.72. The molecule has 0 aliphatic carbocycles. The smallest absolute Gasteiger partial charge is 0.243 e. The molecule has 0 bridgehead atoms. The van der Waals surface area contributed by atoms with Gasteiger partial charge in [-0.15, -0.1) is 0 Å². The van der Waals surface area contributed by atoms with Crippen molar-refractivity contribution in [2.75, 3.05) is 18.8 Å². The van der Waals surface area contributed by atoms with Gasteiger partial charge in [-0.1, -0.05) is 34.6 Å². The molecule has 1 heterocycles. The highest BCUT2D eigenvalue weighted by Crippen LogP contribution is 2.39. The average Bonchev–Trinajstić information content (AvgIpc) is 2.96. The van der Waals surface area contributed by atoms with E-state index in [4.69, 9.17) is 0 Å². The number of hydrogen-bond acceptors (Lipinski definition) is 4. The molecule has 0 aromatic rings. The van der Waals surface area contributed by atoms with Crippen molar-refractivity contribution in [3.63, 3.8) is 0 Å². The molecule has 0 aromatic heterocycles. The first-order valence-corrected chi connectivity index (χ1v) is 9.56. The number of amides is 2. The van der Waals surface area contributed by atoms with Gasteiger partial charge in [0.05, 0.1) is 0 Å². The molecule has 1 rings (SSSR count). The molecule has 1 saturated heterocycles. The van der Waals surface area contributed by atoms with E-state index in [9.17, 15) is 9.59 Å². The predicted octanol–water partition coefficient (Wildman–Crippen LogP) is 2.51. The summed E-state index contributed by atoms with van der Waals surface area (Å²) < 4.78 is 0. The summed E-state index contributed by atoms with van der Waals surface area (Å²) in [6.45, 7) is 4.56. The minimum absolute atomic E-state index is 0.119. The molecular formula is C14H24N2O2S2. The number of carbonyl (C=O) groups is 2. The van der Waals surface area contributed by atoms with Crippen molar-refractivity contribution < 1.29 is 9.59 Å². The van der Waals surface area contributed by atoms with Crippen LogP contribution in [0.15, 0.2) is 12.7 Å². The molecule has 4 nitrogen and oxygen atoms in total. The van der Waals surface area contributed by atoms with Crippen molar-refractivity contribution in [3.05, 3.63) is 12.7 Å². The zero-order valence-corrected chi connectivity index (χ0v) is 13.5. The third-order valence-electron chi connectivity index (χ3n) is 3.07. The minimum atomic E-state index is -0.167. The van der Waals surface area contributed by atoms with Crippen molar-refractivity contribution in [2.24, 2.45) is 0 Å². The van der Waals surface area contributed by atoms with E-state index in [1.165, 1.54) is 24.7 Å². The van der Waals surface area contributed by atoms with Gasteiger partial charge in [-0.3, -0.25) is 9.59 Å². The monoisotopic (exact) mass is 316 g/mol. The van der Waals surface area contributed by atoms with Gasteiger partial charge in [0.1, 0.15) is 0 Å². The van der Waals surface area contributed by atoms with E-state index < -0.39 is 0 Å². The van der Waals surface area contributed by atoms with Gasteiger partial charge in [-0.05, 0) is 31.8 Å². The van der Waals surface area contributed by atoms with Crippen LogP contribution in [-0.2, 0) is 9.59 Å². The lowest BCUT2D eigenvalue weighted by Crippen LogP contribution is -2.28. The Kier molecular flexibility index (Phi) is 9.66. The molecule has 1 atom stereocenters. The summed E-state index contributed by atoms with van der Waals surface area (Å²) in [5.41, 5.74) is 0. The zero-order valence-electron chi connectivity index (χ0n) is 11.9. The minimum Gasteiger partial charge on any atom is -0.356 e. The van der Waals surface area contributed by atoms with Gasteiger partial charge in [0, 0.05) is 30.5 Å². The summed E-state index contributed by atoms with van der Waals surface area (Å²) in [5, 5.41) is 6.36. The molecule has 1 aliphatic rings. The van der Waals surface area contributed by atoms with E-state index >= 15 is 0 Å². The van der Waals surface area contributed by atoms with E-state index in [1.807, 2.05) is 21.6 Å². The van der Waals surface area contributed by atoms with E-state index in [-0.39, 0.29) is 11.8 Å². The van der Waals surface area contributed by atoms with Crippen LogP contribution in [0.3, 0.4) is 0 Å². The van der Waals surface area contributed by atoms with Crippen LogP contribution in [0, 0.1) is 0 Å². The second-order valence-corrected chi connectivity index (χ2v) is 7.56. The fourth-order valence-corrected chi connectivity index (χ4v) is 4.94. The van der Waals surface area contributed by atoms with Gasteiger partial charge in [0.2, 0.25) is 11.8 Å². The Balaban J connectivity index is 1.87. The molecule has 0 aromatic carbocycles. The summed E-state index contributed by atoms with van der Waals surface area (Å²) in [6.07, 6.45) is 7.28. The maximum Gasteiger partial charge on any atom is 0.243 e. The molecule has 1 unspecified atom stereocenters. The lowest BCUT2D eigenvalue weighted by atomic mass is 10.1. The third kappa shape index (κ3) is 8.53. The van der Waals surface area contributed by atoms with Crippen LogP contribution in [0.5, 0.6) is 0 Å². The second kappa shape index (κ2) is 11.1. The Labute approximate surface area is 129 Å². The van der Waals surface area contributed by atoms with Gasteiger partial charge < -0.3 is 10.6 Å². The van der Waals surface area contributed by atoms with E-state index in [2.05, 4.69) is 17.2 Å². The fraction of sp³-hybridized carbons (Fsp3) is 0.714. The summed E-state index contributed by atoms with van der Waals surface area (Å²) in [4.78, 5) is 22.4. The SMILES string of the molecule is C=CC(=O)NCCCNC(=O)CCCCC1CCSS1. The maximum atomic E-state index is 11.6. The summed E-state index contributed by atoms with van der Waals surface area (Å²) >= 11 is 0. The Bertz CT molecular complexity index is 318. The Morgan fingerprint density at radius 3 is 2.70 bits per heavy atom. The summed E-state index contributed by atoms with van der Waals surface area (Å²) in [7, 11) is 3.97. The van der Waals surface area contributed by atoms with Gasteiger partial charge in [0.15, 0.2) is 0 Å². The zero-order chi connectivity index (χ0) is 14.6. The van der Waals surface area contributed by atoms with Gasteiger partial charge in [-0.2, -0.15) is 0 Å². The second-order valence-electron chi connectivity index (χ2n) is 4.77. The topological polar surface area (TPSA) is 58.2 Å². The number of carbonyl (C=O) groups excluding carboxylic acids is 2. The average molecular weight is 316 g/mol. The normalized spacial score (nSPS) is 17.7. The van der Waals surface area contributed by atoms with Crippen molar-refractivity contribution in [3.8, 4) is 0 Å². The van der Waals surface area contributed by atoms with Crippen LogP contribution in [0.2, 0.25) is 0 Å². The number of rotatable bonds is 10. The molecule has 6 heteroatoms. The molecule has 0 spiro atoms. The molecule has 0 radical (unpaired) electrons. The summed E-state index contributed by atoms with van der Waals surface area (Å²) in [6, 6.07) is 0. The van der Waals surface area contributed by atoms with Crippen LogP contribution >= 0.6 is 21.6 Å². The Hall–Kier alpha value is -0.620. The largest absolute Gasteiger partial charge is 0.356 e. The van der Waals surface area contributed by atoms with Crippen LogP contribution in [0.1, 0.15) is 38.5 Å². The highest BCUT2D eigenvalue weighted by atomic mass is 33.1. The predicted molar refractivity (Wildman–Crippen MR) is 87.8 cm³/mol. The first kappa shape index (κ1) is 17.4. The van der Waals surface area contributed by atoms with Gasteiger partial charge in [0.25, 0.3) is 0 Å². The fourth-order valence-electron chi connectivity index (χ4n) is 1.91. The molecule has 2 amide bonds. The highest BCUT2D eigenvalue weighted by molar-refractivity contribution is 8.77. The van der Waals surface area contributed by atoms with Crippen LogP contribution < -0.4 is 10.6 Å². The summed E-state index contributed by atoms with van der Waals surface area (Å²) in [5.74, 6) is 1.23. The van der Waals surface area contributed by atoms with Crippen molar-refractivity contribution in [2.45, 2.75) is 43.8 Å². The van der Waals surface area contributed by atoms with Gasteiger partial charge >= 0.3 is 0 Å². The molecule has 2 N–H and O–H groups in total. The Morgan fingerprint density at radius 1 is 1.20 bits per heavy atom. The molecular weight excluding hydrogens is 292 g/mol. The lowest BCUT2D eigenvalue weighted by molar-refractivity contribution is -0.121. The molecule has 20 heavy (non-hydrogen) atoms. The standard InChI is InChI=1S/C14H24N2O2S2/c1-2-13(17)15-9-5-10-16-14(18)7-4-3-6-12-8-11-19-20-12/h2,12H,1,3-11H2,(H,15,17)(H,16,18). The highest BCUT2D eigenvalue weighted by Gasteiger charge is 2.15. The quantitative estimate of drug-likeness (QED) is 0.369. The van der Waals surface area contributed by atoms with Crippen LogP contribution in [0.4, 0.5) is 0 Å². The molecule has 0 saturated carbocycles. The van der Waals surface area contributed by atoms with E-state index in [0.717, 1.165) is 24.5 Å². The van der Waals surface area contributed by atoms with Gasteiger partial charge in [-0.25, -0.2) is 0 Å². The van der Waals surface area contributed by atoms with Crippen LogP contribution in [-0.4, -0.2) is 35.9 Å². The number of nitrogens with one attached hydrogen (secondary N) is 2. The molecule has 114 valence electrons. The van der Waals surface area contributed by atoms with Crippen molar-refractivity contribution in [1.29, 1.82) is 0 Å². The number of hydrogen-bond donors (Lipinski definition) is 2. The van der Waals surface area contributed by atoms with E-state index in [0.29, 0.717) is 19.5 Å². The molecule has 1 aliphatic heterocycles. The third-order valence-corrected chi connectivity index (χ3v) is 6.07. The maximum absolute atomic E-state index is 11.6. The van der Waals surface area contributed by atoms with Crippen molar-refractivity contribution >= 4 is 33.4 Å². The number of unbranched alkanes of at least 4 members (excludes halogenated alkanes) is 1. The van der Waals surface area contributed by atoms with E-state index in [1.54, 1.807) is 0 Å². The van der Waals surface area contributed by atoms with Crippen LogP contribution in [0.25, 0.3) is 0 Å².